The van der Waals surface area contributed by atoms with Crippen LogP contribution in [-0.2, 0) is 22.6 Å². The van der Waals surface area contributed by atoms with E-state index in [1.807, 2.05) is 11.3 Å². The number of nitrogens with zero attached hydrogens (tertiary/aromatic N) is 1. The van der Waals surface area contributed by atoms with E-state index in [2.05, 4.69) is 59.8 Å². The fourth-order valence-electron chi connectivity index (χ4n) is 2.83. The summed E-state index contributed by atoms with van der Waals surface area (Å²) in [5.41, 5.74) is 4.44. The summed E-state index contributed by atoms with van der Waals surface area (Å²) in [6, 6.07) is 13.0. The number of carboxylic acid groups (broad SMARTS) is 2. The maximum atomic E-state index is 9.10. The van der Waals surface area contributed by atoms with E-state index in [1.54, 1.807) is 10.5 Å². The van der Waals surface area contributed by atoms with Gasteiger partial charge in [-0.15, -0.1) is 11.3 Å². The molecule has 26 heavy (non-hydrogen) atoms. The molecule has 6 heteroatoms. The van der Waals surface area contributed by atoms with Gasteiger partial charge < -0.3 is 10.2 Å². The van der Waals surface area contributed by atoms with Gasteiger partial charge in [0.1, 0.15) is 0 Å². The number of likely N-dealkylation sites (N-methyl/N-ethyl adjacent to an activating group) is 1. The Bertz CT molecular complexity index is 755. The number of carbonyl (C=O) groups is 2. The third-order valence-electron chi connectivity index (χ3n) is 4.07. The lowest BCUT2D eigenvalue weighted by Gasteiger charge is -2.18. The van der Waals surface area contributed by atoms with Gasteiger partial charge in [0.25, 0.3) is 0 Å². The first kappa shape index (κ1) is 19.9. The Morgan fingerprint density at radius 1 is 1.12 bits per heavy atom. The maximum absolute atomic E-state index is 9.10. The molecule has 0 spiro atoms. The van der Waals surface area contributed by atoms with Crippen molar-refractivity contribution in [3.8, 4) is 0 Å². The van der Waals surface area contributed by atoms with Crippen LogP contribution in [0.1, 0.15) is 28.8 Å². The second-order valence-corrected chi connectivity index (χ2v) is 7.13. The van der Waals surface area contributed by atoms with Crippen LogP contribution in [0, 0.1) is 0 Å². The van der Waals surface area contributed by atoms with Gasteiger partial charge in [0, 0.05) is 18.0 Å². The largest absolute Gasteiger partial charge is 0.473 e. The normalized spacial score (nSPS) is 14.5. The van der Waals surface area contributed by atoms with Gasteiger partial charge in [-0.25, -0.2) is 9.59 Å². The predicted octanol–water partition coefficient (Wildman–Crippen LogP) is 3.76. The van der Waals surface area contributed by atoms with Crippen molar-refractivity contribution in [2.75, 3.05) is 13.6 Å². The molecule has 2 aromatic rings. The van der Waals surface area contributed by atoms with Crippen LogP contribution in [0.3, 0.4) is 0 Å². The van der Waals surface area contributed by atoms with E-state index in [1.165, 1.54) is 30.4 Å². The summed E-state index contributed by atoms with van der Waals surface area (Å²) < 4.78 is 0. The second-order valence-electron chi connectivity index (χ2n) is 6.13. The van der Waals surface area contributed by atoms with Gasteiger partial charge in [-0.05, 0) is 54.5 Å². The number of carboxylic acids is 2. The lowest BCUT2D eigenvalue weighted by molar-refractivity contribution is -0.159. The van der Waals surface area contributed by atoms with E-state index in [-0.39, 0.29) is 0 Å². The molecule has 2 N–H and O–H groups in total. The average Bonchev–Trinajstić information content (AvgIpc) is 3.10. The van der Waals surface area contributed by atoms with E-state index >= 15 is 0 Å². The molecule has 138 valence electrons. The summed E-state index contributed by atoms with van der Waals surface area (Å²) in [6.45, 7) is 2.04. The fraction of sp³-hybridized carbons (Fsp3) is 0.300. The summed E-state index contributed by atoms with van der Waals surface area (Å²) in [6.07, 6.45) is 6.24. The Kier molecular flexibility index (Phi) is 7.56. The van der Waals surface area contributed by atoms with Crippen LogP contribution in [-0.4, -0.2) is 40.6 Å². The minimum absolute atomic E-state index is 1.01. The number of thiophene rings is 1. The predicted molar refractivity (Wildman–Crippen MR) is 103 cm³/mol. The number of aryl methyl sites for hydroxylation is 1. The van der Waals surface area contributed by atoms with Crippen LogP contribution in [0.2, 0.25) is 0 Å². The van der Waals surface area contributed by atoms with Crippen molar-refractivity contribution in [1.29, 1.82) is 0 Å². The summed E-state index contributed by atoms with van der Waals surface area (Å²) in [4.78, 5) is 22.2. The highest BCUT2D eigenvalue weighted by molar-refractivity contribution is 7.10. The minimum atomic E-state index is -1.82. The molecule has 5 nitrogen and oxygen atoms in total. The van der Waals surface area contributed by atoms with Gasteiger partial charge in [-0.3, -0.25) is 4.90 Å². The van der Waals surface area contributed by atoms with Gasteiger partial charge in [-0.1, -0.05) is 36.4 Å². The van der Waals surface area contributed by atoms with Crippen LogP contribution in [0.5, 0.6) is 0 Å². The summed E-state index contributed by atoms with van der Waals surface area (Å²) >= 11 is 1.91. The zero-order valence-corrected chi connectivity index (χ0v) is 15.5. The molecule has 0 fully saturated rings. The van der Waals surface area contributed by atoms with Gasteiger partial charge in [0.2, 0.25) is 0 Å². The van der Waals surface area contributed by atoms with E-state index in [0.29, 0.717) is 0 Å². The first-order chi connectivity index (χ1) is 12.5. The highest BCUT2D eigenvalue weighted by Crippen LogP contribution is 2.33. The number of rotatable bonds is 4. The third-order valence-corrected chi connectivity index (χ3v) is 5.05. The van der Waals surface area contributed by atoms with Crippen LogP contribution >= 0.6 is 11.3 Å². The number of hydrogen-bond acceptors (Lipinski definition) is 4. The molecule has 1 aromatic heterocycles. The monoisotopic (exact) mass is 373 g/mol. The number of allylic oxidation sites excluding steroid dienone is 1. The molecule has 0 atom stereocenters. The van der Waals surface area contributed by atoms with Crippen molar-refractivity contribution in [1.82, 2.24) is 4.90 Å². The molecule has 1 aliphatic rings. The topological polar surface area (TPSA) is 77.8 Å². The molecular weight excluding hydrogens is 350 g/mol. The second kappa shape index (κ2) is 9.89. The van der Waals surface area contributed by atoms with Crippen LogP contribution in [0.25, 0.3) is 5.57 Å². The van der Waals surface area contributed by atoms with E-state index in [9.17, 15) is 0 Å². The molecule has 3 rings (SSSR count). The molecule has 0 bridgehead atoms. The first-order valence-corrected chi connectivity index (χ1v) is 9.29. The van der Waals surface area contributed by atoms with Crippen LogP contribution < -0.4 is 0 Å². The van der Waals surface area contributed by atoms with Gasteiger partial charge in [0.05, 0.1) is 0 Å². The highest BCUT2D eigenvalue weighted by atomic mass is 32.1. The number of fused-ring (bicyclic) bond motifs is 1. The molecule has 0 aliphatic heterocycles. The molecule has 0 radical (unpaired) electrons. The van der Waals surface area contributed by atoms with E-state index in [0.717, 1.165) is 13.1 Å². The zero-order chi connectivity index (χ0) is 18.9. The van der Waals surface area contributed by atoms with Gasteiger partial charge in [-0.2, -0.15) is 0 Å². The lowest BCUT2D eigenvalue weighted by atomic mass is 9.93. The molecule has 0 saturated heterocycles. The van der Waals surface area contributed by atoms with Crippen LogP contribution in [0.4, 0.5) is 0 Å². The van der Waals surface area contributed by atoms with Crippen molar-refractivity contribution in [2.24, 2.45) is 0 Å². The summed E-state index contributed by atoms with van der Waals surface area (Å²) in [7, 11) is 2.20. The molecule has 0 saturated carbocycles. The van der Waals surface area contributed by atoms with Crippen molar-refractivity contribution in [3.63, 3.8) is 0 Å². The minimum Gasteiger partial charge on any atom is -0.473 e. The quantitative estimate of drug-likeness (QED) is 0.798. The first-order valence-electron chi connectivity index (χ1n) is 8.42. The lowest BCUT2D eigenvalue weighted by Crippen LogP contribution is -2.18. The SMILES string of the molecule is CN(C/C=C1\CCCc2sccc21)Cc1ccccc1.O=C(O)C(=O)O. The van der Waals surface area contributed by atoms with E-state index in [4.69, 9.17) is 19.8 Å². The molecule has 1 heterocycles. The Labute approximate surface area is 157 Å². The van der Waals surface area contributed by atoms with Gasteiger partial charge in [0.15, 0.2) is 0 Å². The molecule has 0 unspecified atom stereocenters. The maximum Gasteiger partial charge on any atom is 0.414 e. The molecule has 1 aliphatic carbocycles. The molecular formula is C20H23NO4S. The number of hydrogen-bond donors (Lipinski definition) is 2. The molecule has 0 amide bonds. The standard InChI is InChI=1S/C18H21NS.C2H2O4/c1-19(14-15-6-3-2-4-7-15)12-10-16-8-5-9-18-17(16)11-13-20-18;3-1(4)2(5)6/h2-4,6-7,10-11,13H,5,8-9,12,14H2,1H3;(H,3,4)(H,5,6)/b16-10+;. The van der Waals surface area contributed by atoms with Gasteiger partial charge >= 0.3 is 11.9 Å². The Morgan fingerprint density at radius 2 is 1.81 bits per heavy atom. The third kappa shape index (κ3) is 6.13. The fourth-order valence-corrected chi connectivity index (χ4v) is 3.79. The Morgan fingerprint density at radius 3 is 2.46 bits per heavy atom. The van der Waals surface area contributed by atoms with Crippen molar-refractivity contribution in [2.45, 2.75) is 25.8 Å². The Hall–Kier alpha value is -2.44. The van der Waals surface area contributed by atoms with Crippen molar-refractivity contribution >= 4 is 28.8 Å². The smallest absolute Gasteiger partial charge is 0.414 e. The van der Waals surface area contributed by atoms with Crippen molar-refractivity contribution < 1.29 is 19.8 Å². The Balaban J connectivity index is 0.000000352. The summed E-state index contributed by atoms with van der Waals surface area (Å²) in [5, 5.41) is 17.0. The van der Waals surface area contributed by atoms with E-state index < -0.39 is 11.9 Å². The molecule has 1 aromatic carbocycles. The average molecular weight is 373 g/mol. The number of benzene rings is 1. The van der Waals surface area contributed by atoms with Crippen LogP contribution in [0.15, 0.2) is 47.9 Å². The number of aliphatic carboxylic acids is 2. The van der Waals surface area contributed by atoms with Crippen molar-refractivity contribution in [3.05, 3.63) is 63.9 Å². The zero-order valence-electron chi connectivity index (χ0n) is 14.7. The highest BCUT2D eigenvalue weighted by Gasteiger charge is 2.14. The summed E-state index contributed by atoms with van der Waals surface area (Å²) in [5.74, 6) is -3.65.